The van der Waals surface area contributed by atoms with Gasteiger partial charge in [0.05, 0.1) is 0 Å². The van der Waals surface area contributed by atoms with E-state index in [-0.39, 0.29) is 11.6 Å². The van der Waals surface area contributed by atoms with Crippen LogP contribution in [0.15, 0.2) is 133 Å². The lowest BCUT2D eigenvalue weighted by Crippen LogP contribution is -2.20. The largest absolute Gasteiger partial charge is 0.207 e. The monoisotopic (exact) mass is 476 g/mol. The summed E-state index contributed by atoms with van der Waals surface area (Å²) in [7, 11) is -0.678. The molecule has 0 spiro atoms. The molecule has 35 heavy (non-hydrogen) atoms. The quantitative estimate of drug-likeness (QED) is 0.178. The van der Waals surface area contributed by atoms with E-state index in [2.05, 4.69) is 78.9 Å². The molecule has 0 nitrogen and oxygen atoms in total. The van der Waals surface area contributed by atoms with Crippen molar-refractivity contribution < 1.29 is 8.78 Å². The Balaban J connectivity index is 1.55. The molecule has 0 atom stereocenters. The van der Waals surface area contributed by atoms with Crippen molar-refractivity contribution in [1.82, 2.24) is 0 Å². The van der Waals surface area contributed by atoms with Crippen molar-refractivity contribution in [2.24, 2.45) is 0 Å². The maximum Gasteiger partial charge on any atom is 0.123 e. The summed E-state index contributed by atoms with van der Waals surface area (Å²) in [6.45, 7) is 0. The lowest BCUT2D eigenvalue weighted by molar-refractivity contribution is 0.627. The normalized spacial score (nSPS) is 10.8. The van der Waals surface area contributed by atoms with Crippen LogP contribution in [0.5, 0.6) is 0 Å². The van der Waals surface area contributed by atoms with Crippen molar-refractivity contribution in [3.8, 4) is 0 Å². The summed E-state index contributed by atoms with van der Waals surface area (Å²) in [5.74, 6) is -0.571. The van der Waals surface area contributed by atoms with E-state index in [1.165, 1.54) is 40.2 Å². The van der Waals surface area contributed by atoms with Crippen molar-refractivity contribution in [3.63, 3.8) is 0 Å². The SMILES string of the molecule is Fc1ccc(C(=Cc2ccc(P(c3ccccc3)c3ccccc3)cc2)c2ccc(F)cc2)cc1. The minimum atomic E-state index is -0.678. The van der Waals surface area contributed by atoms with Crippen LogP contribution in [0.4, 0.5) is 8.78 Å². The molecule has 0 N–H and O–H groups in total. The summed E-state index contributed by atoms with van der Waals surface area (Å²) in [6.07, 6.45) is 2.07. The summed E-state index contributed by atoms with van der Waals surface area (Å²) in [5, 5.41) is 3.87. The first kappa shape index (κ1) is 22.9. The first-order chi connectivity index (χ1) is 17.2. The molecular weight excluding hydrogens is 453 g/mol. The van der Waals surface area contributed by atoms with Gasteiger partial charge in [0.25, 0.3) is 0 Å². The highest BCUT2D eigenvalue weighted by Gasteiger charge is 2.16. The third-order valence-electron chi connectivity index (χ3n) is 5.80. The molecular formula is C32H23F2P. The van der Waals surface area contributed by atoms with Crippen molar-refractivity contribution in [2.75, 3.05) is 0 Å². The number of hydrogen-bond donors (Lipinski definition) is 0. The molecule has 5 aromatic rings. The summed E-state index contributed by atoms with van der Waals surface area (Å²) in [4.78, 5) is 0. The van der Waals surface area contributed by atoms with Gasteiger partial charge in [0.1, 0.15) is 11.6 Å². The second kappa shape index (κ2) is 10.6. The maximum absolute atomic E-state index is 13.6. The number of hydrogen-bond acceptors (Lipinski definition) is 0. The molecule has 3 heteroatoms. The molecule has 0 radical (unpaired) electrons. The van der Waals surface area contributed by atoms with Gasteiger partial charge in [0.15, 0.2) is 0 Å². The molecule has 170 valence electrons. The Hall–Kier alpha value is -3.87. The van der Waals surface area contributed by atoms with E-state index in [1.807, 2.05) is 12.1 Å². The van der Waals surface area contributed by atoms with Crippen LogP contribution in [-0.4, -0.2) is 0 Å². The number of benzene rings is 5. The minimum Gasteiger partial charge on any atom is -0.207 e. The van der Waals surface area contributed by atoms with E-state index in [0.29, 0.717) is 0 Å². The van der Waals surface area contributed by atoms with E-state index in [4.69, 9.17) is 0 Å². The minimum absolute atomic E-state index is 0.285. The summed E-state index contributed by atoms with van der Waals surface area (Å²) >= 11 is 0. The van der Waals surface area contributed by atoms with E-state index in [1.54, 1.807) is 24.3 Å². The second-order valence-electron chi connectivity index (χ2n) is 8.17. The molecule has 0 saturated heterocycles. The van der Waals surface area contributed by atoms with Gasteiger partial charge in [-0.3, -0.25) is 0 Å². The smallest absolute Gasteiger partial charge is 0.123 e. The maximum atomic E-state index is 13.6. The predicted molar refractivity (Wildman–Crippen MR) is 145 cm³/mol. The average Bonchev–Trinajstić information content (AvgIpc) is 2.91. The zero-order chi connectivity index (χ0) is 24.0. The average molecular weight is 477 g/mol. The third-order valence-corrected chi connectivity index (χ3v) is 8.25. The molecule has 5 aromatic carbocycles. The summed E-state index contributed by atoms with van der Waals surface area (Å²) < 4.78 is 27.1. The molecule has 5 rings (SSSR count). The summed E-state index contributed by atoms with van der Waals surface area (Å²) in [5.41, 5.74) is 3.68. The Morgan fingerprint density at radius 1 is 0.457 bits per heavy atom. The summed E-state index contributed by atoms with van der Waals surface area (Å²) in [6, 6.07) is 42.6. The van der Waals surface area contributed by atoms with Crippen LogP contribution in [0, 0.1) is 11.6 Å². The van der Waals surface area contributed by atoms with E-state index in [9.17, 15) is 8.78 Å². The lowest BCUT2D eigenvalue weighted by Gasteiger charge is -2.19. The van der Waals surface area contributed by atoms with Gasteiger partial charge in [-0.1, -0.05) is 109 Å². The van der Waals surface area contributed by atoms with Crippen LogP contribution in [-0.2, 0) is 0 Å². The third kappa shape index (κ3) is 5.45. The van der Waals surface area contributed by atoms with Gasteiger partial charge in [-0.15, -0.1) is 0 Å². The molecule has 0 unspecified atom stereocenters. The molecule has 0 aliphatic heterocycles. The zero-order valence-corrected chi connectivity index (χ0v) is 19.9. The van der Waals surface area contributed by atoms with Crippen molar-refractivity contribution in [1.29, 1.82) is 0 Å². The van der Waals surface area contributed by atoms with Gasteiger partial charge in [-0.25, -0.2) is 8.78 Å². The van der Waals surface area contributed by atoms with E-state index >= 15 is 0 Å². The van der Waals surface area contributed by atoms with Crippen molar-refractivity contribution in [3.05, 3.63) is 162 Å². The second-order valence-corrected chi connectivity index (χ2v) is 10.4. The molecule has 0 saturated carbocycles. The molecule has 0 amide bonds. The van der Waals surface area contributed by atoms with Crippen molar-refractivity contribution >= 4 is 35.5 Å². The Morgan fingerprint density at radius 2 is 0.857 bits per heavy atom. The first-order valence-electron chi connectivity index (χ1n) is 11.4. The molecule has 0 aliphatic carbocycles. The Morgan fingerprint density at radius 3 is 1.29 bits per heavy atom. The van der Waals surface area contributed by atoms with Gasteiger partial charge in [-0.2, -0.15) is 0 Å². The van der Waals surface area contributed by atoms with E-state index < -0.39 is 7.92 Å². The van der Waals surface area contributed by atoms with Gasteiger partial charge < -0.3 is 0 Å². The highest BCUT2D eigenvalue weighted by atomic mass is 31.1. The van der Waals surface area contributed by atoms with Crippen LogP contribution >= 0.6 is 7.92 Å². The fourth-order valence-corrected chi connectivity index (χ4v) is 6.36. The Kier molecular flexibility index (Phi) is 6.93. The van der Waals surface area contributed by atoms with Gasteiger partial charge in [0.2, 0.25) is 0 Å². The fourth-order valence-electron chi connectivity index (χ4n) is 4.08. The first-order valence-corrected chi connectivity index (χ1v) is 12.8. The molecule has 0 fully saturated rings. The van der Waals surface area contributed by atoms with Gasteiger partial charge >= 0.3 is 0 Å². The van der Waals surface area contributed by atoms with Crippen LogP contribution in [0.2, 0.25) is 0 Å². The number of halogens is 2. The highest BCUT2D eigenvalue weighted by molar-refractivity contribution is 7.79. The zero-order valence-electron chi connectivity index (χ0n) is 19.0. The van der Waals surface area contributed by atoms with Gasteiger partial charge in [0, 0.05) is 0 Å². The Labute approximate surface area is 206 Å². The molecule has 0 aromatic heterocycles. The molecule has 0 aliphatic rings. The highest BCUT2D eigenvalue weighted by Crippen LogP contribution is 2.33. The van der Waals surface area contributed by atoms with E-state index in [0.717, 1.165) is 22.3 Å². The van der Waals surface area contributed by atoms with Crippen LogP contribution in [0.1, 0.15) is 16.7 Å². The lowest BCUT2D eigenvalue weighted by atomic mass is 9.95. The van der Waals surface area contributed by atoms with Crippen LogP contribution in [0.3, 0.4) is 0 Å². The van der Waals surface area contributed by atoms with Crippen LogP contribution in [0.25, 0.3) is 11.6 Å². The fraction of sp³-hybridized carbons (Fsp3) is 0. The topological polar surface area (TPSA) is 0 Å². The molecule has 0 heterocycles. The van der Waals surface area contributed by atoms with Crippen LogP contribution < -0.4 is 15.9 Å². The van der Waals surface area contributed by atoms with Gasteiger partial charge in [-0.05, 0) is 76.4 Å². The van der Waals surface area contributed by atoms with Crippen molar-refractivity contribution in [2.45, 2.75) is 0 Å². The number of rotatable bonds is 6. The standard InChI is InChI=1S/C32H23F2P/c33-27-17-13-25(14-18-27)32(26-15-19-28(34)20-16-26)23-24-11-21-31(22-12-24)35(29-7-3-1-4-8-29)30-9-5-2-6-10-30/h1-23H. The Bertz CT molecular complexity index is 1320. The molecule has 0 bridgehead atoms. The predicted octanol–water partition coefficient (Wildman–Crippen LogP) is 7.31.